The van der Waals surface area contributed by atoms with Gasteiger partial charge in [-0.05, 0) is 51.1 Å². The molecule has 1 aliphatic heterocycles. The molecule has 2 unspecified atom stereocenters. The number of hydrogen-bond acceptors (Lipinski definition) is 2. The second-order valence-corrected chi connectivity index (χ2v) is 5.86. The SMILES string of the molecule is CCCCN(CC1CC(C)CCN1)C1CC1. The van der Waals surface area contributed by atoms with Crippen LogP contribution >= 0.6 is 0 Å². The minimum Gasteiger partial charge on any atom is -0.313 e. The lowest BCUT2D eigenvalue weighted by Gasteiger charge is -2.33. The largest absolute Gasteiger partial charge is 0.313 e. The van der Waals surface area contributed by atoms with Crippen LogP contribution in [0.1, 0.15) is 52.4 Å². The zero-order chi connectivity index (χ0) is 11.4. The Labute approximate surface area is 101 Å². The third kappa shape index (κ3) is 3.74. The van der Waals surface area contributed by atoms with Gasteiger partial charge in [-0.15, -0.1) is 0 Å². The predicted molar refractivity (Wildman–Crippen MR) is 69.7 cm³/mol. The van der Waals surface area contributed by atoms with Gasteiger partial charge in [0, 0.05) is 18.6 Å². The van der Waals surface area contributed by atoms with Crippen molar-refractivity contribution in [3.63, 3.8) is 0 Å². The van der Waals surface area contributed by atoms with Gasteiger partial charge in [0.2, 0.25) is 0 Å². The lowest BCUT2D eigenvalue weighted by molar-refractivity contribution is 0.196. The van der Waals surface area contributed by atoms with Crippen LogP contribution in [0.25, 0.3) is 0 Å². The molecule has 2 heteroatoms. The zero-order valence-corrected chi connectivity index (χ0v) is 11.0. The summed E-state index contributed by atoms with van der Waals surface area (Å²) in [6, 6.07) is 1.70. The average Bonchev–Trinajstić information content (AvgIpc) is 3.08. The van der Waals surface area contributed by atoms with E-state index in [-0.39, 0.29) is 0 Å². The van der Waals surface area contributed by atoms with E-state index in [0.717, 1.165) is 18.0 Å². The van der Waals surface area contributed by atoms with Crippen LogP contribution in [0, 0.1) is 5.92 Å². The van der Waals surface area contributed by atoms with Gasteiger partial charge in [0.05, 0.1) is 0 Å². The van der Waals surface area contributed by atoms with E-state index in [1.165, 1.54) is 58.2 Å². The molecule has 16 heavy (non-hydrogen) atoms. The highest BCUT2D eigenvalue weighted by Gasteiger charge is 2.30. The van der Waals surface area contributed by atoms with Crippen molar-refractivity contribution in [2.75, 3.05) is 19.6 Å². The zero-order valence-electron chi connectivity index (χ0n) is 11.0. The Balaban J connectivity index is 1.75. The van der Waals surface area contributed by atoms with Crippen molar-refractivity contribution in [2.24, 2.45) is 5.92 Å². The van der Waals surface area contributed by atoms with Gasteiger partial charge in [0.25, 0.3) is 0 Å². The van der Waals surface area contributed by atoms with Gasteiger partial charge in [-0.2, -0.15) is 0 Å². The van der Waals surface area contributed by atoms with Gasteiger partial charge in [0.1, 0.15) is 0 Å². The van der Waals surface area contributed by atoms with Crippen molar-refractivity contribution in [3.8, 4) is 0 Å². The van der Waals surface area contributed by atoms with E-state index in [0.29, 0.717) is 0 Å². The van der Waals surface area contributed by atoms with Gasteiger partial charge in [-0.3, -0.25) is 4.90 Å². The topological polar surface area (TPSA) is 15.3 Å². The molecular formula is C14H28N2. The molecule has 0 aromatic carbocycles. The predicted octanol–water partition coefficient (Wildman–Crippen LogP) is 2.64. The smallest absolute Gasteiger partial charge is 0.0197 e. The van der Waals surface area contributed by atoms with Crippen molar-refractivity contribution >= 4 is 0 Å². The second-order valence-electron chi connectivity index (χ2n) is 5.86. The van der Waals surface area contributed by atoms with Crippen LogP contribution < -0.4 is 5.32 Å². The van der Waals surface area contributed by atoms with Gasteiger partial charge >= 0.3 is 0 Å². The molecule has 2 atom stereocenters. The molecule has 1 saturated heterocycles. The van der Waals surface area contributed by atoms with Gasteiger partial charge < -0.3 is 5.32 Å². The van der Waals surface area contributed by atoms with Crippen LogP contribution in [0.2, 0.25) is 0 Å². The Hall–Kier alpha value is -0.0800. The van der Waals surface area contributed by atoms with Crippen molar-refractivity contribution in [1.82, 2.24) is 10.2 Å². The van der Waals surface area contributed by atoms with E-state index in [2.05, 4.69) is 24.1 Å². The Bertz CT molecular complexity index is 201. The number of rotatable bonds is 6. The van der Waals surface area contributed by atoms with Crippen LogP contribution in [0.5, 0.6) is 0 Å². The Morgan fingerprint density at radius 2 is 2.06 bits per heavy atom. The van der Waals surface area contributed by atoms with E-state index in [1.807, 2.05) is 0 Å². The first-order valence-electron chi connectivity index (χ1n) is 7.27. The highest BCUT2D eigenvalue weighted by molar-refractivity contribution is 4.88. The molecule has 2 rings (SSSR count). The maximum atomic E-state index is 3.70. The van der Waals surface area contributed by atoms with Crippen LogP contribution in [-0.4, -0.2) is 36.6 Å². The molecule has 0 amide bonds. The van der Waals surface area contributed by atoms with E-state index >= 15 is 0 Å². The van der Waals surface area contributed by atoms with Crippen LogP contribution in [0.15, 0.2) is 0 Å². The summed E-state index contributed by atoms with van der Waals surface area (Å²) in [7, 11) is 0. The maximum Gasteiger partial charge on any atom is 0.0197 e. The summed E-state index contributed by atoms with van der Waals surface area (Å²) in [5, 5.41) is 3.70. The molecule has 0 aromatic rings. The van der Waals surface area contributed by atoms with Gasteiger partial charge in [-0.25, -0.2) is 0 Å². The summed E-state index contributed by atoms with van der Waals surface area (Å²) < 4.78 is 0. The minimum absolute atomic E-state index is 0.765. The Morgan fingerprint density at radius 1 is 1.25 bits per heavy atom. The van der Waals surface area contributed by atoms with Crippen molar-refractivity contribution < 1.29 is 0 Å². The number of hydrogen-bond donors (Lipinski definition) is 1. The highest BCUT2D eigenvalue weighted by Crippen LogP contribution is 2.28. The van der Waals surface area contributed by atoms with Gasteiger partial charge in [0.15, 0.2) is 0 Å². The summed E-state index contributed by atoms with van der Waals surface area (Å²) in [4.78, 5) is 2.75. The molecule has 1 N–H and O–H groups in total. The summed E-state index contributed by atoms with van der Waals surface area (Å²) in [5.74, 6) is 0.929. The molecule has 2 aliphatic rings. The fourth-order valence-corrected chi connectivity index (χ4v) is 2.87. The quantitative estimate of drug-likeness (QED) is 0.746. The first-order valence-corrected chi connectivity index (χ1v) is 7.27. The summed E-state index contributed by atoms with van der Waals surface area (Å²) in [6.07, 6.45) is 8.36. The monoisotopic (exact) mass is 224 g/mol. The molecule has 1 aliphatic carbocycles. The fraction of sp³-hybridized carbons (Fsp3) is 1.00. The molecule has 2 nitrogen and oxygen atoms in total. The lowest BCUT2D eigenvalue weighted by Crippen LogP contribution is -2.46. The van der Waals surface area contributed by atoms with Crippen LogP contribution in [-0.2, 0) is 0 Å². The lowest BCUT2D eigenvalue weighted by atomic mass is 9.94. The standard InChI is InChI=1S/C14H28N2/c1-3-4-9-16(14-5-6-14)11-13-10-12(2)7-8-15-13/h12-15H,3-11H2,1-2H3. The molecule has 1 saturated carbocycles. The third-order valence-electron chi connectivity index (χ3n) is 4.07. The number of unbranched alkanes of at least 4 members (excludes halogenated alkanes) is 1. The summed E-state index contributed by atoms with van der Waals surface area (Å²) in [5.41, 5.74) is 0. The molecule has 0 radical (unpaired) electrons. The van der Waals surface area contributed by atoms with Crippen LogP contribution in [0.3, 0.4) is 0 Å². The summed E-state index contributed by atoms with van der Waals surface area (Å²) in [6.45, 7) is 8.56. The van der Waals surface area contributed by atoms with Gasteiger partial charge in [-0.1, -0.05) is 20.3 Å². The molecule has 0 bridgehead atoms. The van der Waals surface area contributed by atoms with Crippen LogP contribution in [0.4, 0.5) is 0 Å². The van der Waals surface area contributed by atoms with E-state index in [9.17, 15) is 0 Å². The normalized spacial score (nSPS) is 30.9. The molecular weight excluding hydrogens is 196 g/mol. The Kier molecular flexibility index (Phi) is 4.66. The maximum absolute atomic E-state index is 3.70. The summed E-state index contributed by atoms with van der Waals surface area (Å²) >= 11 is 0. The third-order valence-corrected chi connectivity index (χ3v) is 4.07. The molecule has 0 aromatic heterocycles. The second kappa shape index (κ2) is 6.02. The molecule has 94 valence electrons. The van der Waals surface area contributed by atoms with Crippen molar-refractivity contribution in [1.29, 1.82) is 0 Å². The Morgan fingerprint density at radius 3 is 2.69 bits per heavy atom. The van der Waals surface area contributed by atoms with E-state index < -0.39 is 0 Å². The average molecular weight is 224 g/mol. The number of nitrogens with one attached hydrogen (secondary N) is 1. The highest BCUT2D eigenvalue weighted by atomic mass is 15.2. The molecule has 0 spiro atoms. The number of nitrogens with zero attached hydrogens (tertiary/aromatic N) is 1. The first kappa shape index (κ1) is 12.4. The van der Waals surface area contributed by atoms with E-state index in [4.69, 9.17) is 0 Å². The van der Waals surface area contributed by atoms with E-state index in [1.54, 1.807) is 0 Å². The molecule has 2 fully saturated rings. The fourth-order valence-electron chi connectivity index (χ4n) is 2.87. The van der Waals surface area contributed by atoms with Crippen molar-refractivity contribution in [3.05, 3.63) is 0 Å². The first-order chi connectivity index (χ1) is 7.79. The number of piperidine rings is 1. The minimum atomic E-state index is 0.765. The molecule has 1 heterocycles. The van der Waals surface area contributed by atoms with Crippen molar-refractivity contribution in [2.45, 2.75) is 64.5 Å².